The van der Waals surface area contributed by atoms with Gasteiger partial charge in [-0.25, -0.2) is 0 Å². The maximum atomic E-state index is 12.0. The fourth-order valence-corrected chi connectivity index (χ4v) is 1.96. The van der Waals surface area contributed by atoms with Gasteiger partial charge in [-0.3, -0.25) is 4.79 Å². The van der Waals surface area contributed by atoms with E-state index in [1.54, 1.807) is 31.4 Å². The van der Waals surface area contributed by atoms with E-state index in [1.165, 1.54) is 4.80 Å². The van der Waals surface area contributed by atoms with Gasteiger partial charge in [-0.05, 0) is 36.4 Å². The SMILES string of the molecule is COc1ccc(C(=O)NCn2nc3ccccc3n2)cc1. The fraction of sp³-hybridized carbons (Fsp3) is 0.133. The van der Waals surface area contributed by atoms with Crippen LogP contribution in [0.4, 0.5) is 0 Å². The Morgan fingerprint density at radius 2 is 1.71 bits per heavy atom. The Labute approximate surface area is 121 Å². The van der Waals surface area contributed by atoms with Gasteiger partial charge in [0.2, 0.25) is 0 Å². The number of carbonyl (C=O) groups excluding carboxylic acids is 1. The number of carbonyl (C=O) groups is 1. The molecule has 1 heterocycles. The van der Waals surface area contributed by atoms with E-state index in [2.05, 4.69) is 15.5 Å². The highest BCUT2D eigenvalue weighted by atomic mass is 16.5. The van der Waals surface area contributed by atoms with Crippen molar-refractivity contribution in [1.82, 2.24) is 20.3 Å². The Morgan fingerprint density at radius 1 is 1.10 bits per heavy atom. The second-order valence-electron chi connectivity index (χ2n) is 4.45. The number of fused-ring (bicyclic) bond motifs is 1. The molecule has 0 fully saturated rings. The number of hydrogen-bond donors (Lipinski definition) is 1. The average Bonchev–Trinajstić information content (AvgIpc) is 2.95. The predicted molar refractivity (Wildman–Crippen MR) is 78.0 cm³/mol. The van der Waals surface area contributed by atoms with Crippen LogP contribution in [-0.2, 0) is 6.67 Å². The summed E-state index contributed by atoms with van der Waals surface area (Å²) >= 11 is 0. The molecule has 1 amide bonds. The summed E-state index contributed by atoms with van der Waals surface area (Å²) in [6.07, 6.45) is 0. The molecule has 0 radical (unpaired) electrons. The van der Waals surface area contributed by atoms with Crippen molar-refractivity contribution in [2.45, 2.75) is 6.67 Å². The number of aromatic nitrogens is 3. The van der Waals surface area contributed by atoms with Crippen molar-refractivity contribution in [3.05, 3.63) is 54.1 Å². The molecule has 1 aromatic heterocycles. The highest BCUT2D eigenvalue weighted by Gasteiger charge is 2.06. The number of methoxy groups -OCH3 is 1. The van der Waals surface area contributed by atoms with Gasteiger partial charge in [-0.1, -0.05) is 12.1 Å². The predicted octanol–water partition coefficient (Wildman–Crippen LogP) is 1.83. The maximum Gasteiger partial charge on any atom is 0.252 e. The van der Waals surface area contributed by atoms with Crippen LogP contribution in [0.5, 0.6) is 5.75 Å². The van der Waals surface area contributed by atoms with Crippen LogP contribution in [0.2, 0.25) is 0 Å². The van der Waals surface area contributed by atoms with Gasteiger partial charge in [0.1, 0.15) is 23.5 Å². The summed E-state index contributed by atoms with van der Waals surface area (Å²) in [6.45, 7) is 0.222. The van der Waals surface area contributed by atoms with Crippen LogP contribution in [0.25, 0.3) is 11.0 Å². The van der Waals surface area contributed by atoms with Gasteiger partial charge in [0.15, 0.2) is 0 Å². The molecular formula is C15H14N4O2. The Hall–Kier alpha value is -2.89. The summed E-state index contributed by atoms with van der Waals surface area (Å²) in [4.78, 5) is 13.5. The lowest BCUT2D eigenvalue weighted by molar-refractivity contribution is 0.0937. The van der Waals surface area contributed by atoms with E-state index in [-0.39, 0.29) is 12.6 Å². The maximum absolute atomic E-state index is 12.0. The van der Waals surface area contributed by atoms with Crippen molar-refractivity contribution < 1.29 is 9.53 Å². The molecule has 3 rings (SSSR count). The topological polar surface area (TPSA) is 69.0 Å². The van der Waals surface area contributed by atoms with Crippen molar-refractivity contribution in [3.8, 4) is 5.75 Å². The van der Waals surface area contributed by atoms with Gasteiger partial charge in [-0.15, -0.1) is 0 Å². The lowest BCUT2D eigenvalue weighted by atomic mass is 10.2. The first-order valence-corrected chi connectivity index (χ1v) is 6.48. The van der Waals surface area contributed by atoms with Crippen molar-refractivity contribution in [1.29, 1.82) is 0 Å². The summed E-state index contributed by atoms with van der Waals surface area (Å²) in [5, 5.41) is 11.3. The summed E-state index contributed by atoms with van der Waals surface area (Å²) in [5.74, 6) is 0.533. The van der Waals surface area contributed by atoms with Crippen LogP contribution in [0.15, 0.2) is 48.5 Å². The van der Waals surface area contributed by atoms with E-state index in [1.807, 2.05) is 24.3 Å². The van der Waals surface area contributed by atoms with Crippen LogP contribution in [-0.4, -0.2) is 28.0 Å². The third-order valence-electron chi connectivity index (χ3n) is 3.06. The third kappa shape index (κ3) is 2.84. The van der Waals surface area contributed by atoms with E-state index in [9.17, 15) is 4.79 Å². The van der Waals surface area contributed by atoms with Crippen molar-refractivity contribution >= 4 is 16.9 Å². The van der Waals surface area contributed by atoms with Gasteiger partial charge in [0.05, 0.1) is 7.11 Å². The molecule has 0 aliphatic heterocycles. The molecule has 6 nitrogen and oxygen atoms in total. The van der Waals surface area contributed by atoms with Crippen molar-refractivity contribution in [3.63, 3.8) is 0 Å². The third-order valence-corrected chi connectivity index (χ3v) is 3.06. The lowest BCUT2D eigenvalue weighted by Crippen LogP contribution is -2.27. The van der Waals surface area contributed by atoms with Crippen LogP contribution in [0.1, 0.15) is 10.4 Å². The lowest BCUT2D eigenvalue weighted by Gasteiger charge is -2.05. The number of ether oxygens (including phenoxy) is 1. The standard InChI is InChI=1S/C15H14N4O2/c1-21-12-8-6-11(7-9-12)15(20)16-10-19-17-13-4-2-3-5-14(13)18-19/h2-9H,10H2,1H3,(H,16,20). The Bertz CT molecular complexity index is 732. The van der Waals surface area contributed by atoms with E-state index < -0.39 is 0 Å². The Morgan fingerprint density at radius 3 is 2.29 bits per heavy atom. The fourth-order valence-electron chi connectivity index (χ4n) is 1.96. The molecule has 0 saturated heterocycles. The number of amides is 1. The zero-order chi connectivity index (χ0) is 14.7. The molecule has 0 atom stereocenters. The first kappa shape index (κ1) is 13.1. The Kier molecular flexibility index (Phi) is 3.51. The summed E-state index contributed by atoms with van der Waals surface area (Å²) in [5.41, 5.74) is 2.17. The summed E-state index contributed by atoms with van der Waals surface area (Å²) < 4.78 is 5.06. The molecule has 2 aromatic carbocycles. The highest BCUT2D eigenvalue weighted by molar-refractivity contribution is 5.94. The molecule has 0 aliphatic carbocycles. The van der Waals surface area contributed by atoms with Gasteiger partial charge in [0.25, 0.3) is 5.91 Å². The second kappa shape index (κ2) is 5.62. The summed E-state index contributed by atoms with van der Waals surface area (Å²) in [7, 11) is 1.59. The second-order valence-corrected chi connectivity index (χ2v) is 4.45. The molecule has 0 bridgehead atoms. The van der Waals surface area contributed by atoms with Crippen molar-refractivity contribution in [2.24, 2.45) is 0 Å². The van der Waals surface area contributed by atoms with Gasteiger partial charge >= 0.3 is 0 Å². The minimum Gasteiger partial charge on any atom is -0.497 e. The molecule has 21 heavy (non-hydrogen) atoms. The number of nitrogens with zero attached hydrogens (tertiary/aromatic N) is 3. The normalized spacial score (nSPS) is 10.5. The van der Waals surface area contributed by atoms with Gasteiger partial charge in [-0.2, -0.15) is 15.0 Å². The molecule has 0 spiro atoms. The minimum atomic E-state index is -0.181. The molecule has 0 saturated carbocycles. The van der Waals surface area contributed by atoms with E-state index >= 15 is 0 Å². The molecule has 106 valence electrons. The van der Waals surface area contributed by atoms with E-state index in [0.717, 1.165) is 11.0 Å². The molecule has 3 aromatic rings. The van der Waals surface area contributed by atoms with Gasteiger partial charge in [0, 0.05) is 5.56 Å². The number of nitrogens with one attached hydrogen (secondary N) is 1. The van der Waals surface area contributed by atoms with Crippen LogP contribution >= 0.6 is 0 Å². The van der Waals surface area contributed by atoms with E-state index in [4.69, 9.17) is 4.74 Å². The first-order valence-electron chi connectivity index (χ1n) is 6.48. The van der Waals surface area contributed by atoms with Crippen LogP contribution < -0.4 is 10.1 Å². The monoisotopic (exact) mass is 282 g/mol. The quantitative estimate of drug-likeness (QED) is 0.792. The first-order chi connectivity index (χ1) is 10.3. The molecule has 0 aliphatic rings. The van der Waals surface area contributed by atoms with Crippen LogP contribution in [0, 0.1) is 0 Å². The molecule has 6 heteroatoms. The average molecular weight is 282 g/mol. The van der Waals surface area contributed by atoms with E-state index in [0.29, 0.717) is 11.3 Å². The highest BCUT2D eigenvalue weighted by Crippen LogP contribution is 2.11. The number of hydrogen-bond acceptors (Lipinski definition) is 4. The smallest absolute Gasteiger partial charge is 0.252 e. The Balaban J connectivity index is 1.67. The summed E-state index contributed by atoms with van der Waals surface area (Å²) in [6, 6.07) is 14.5. The molecule has 1 N–H and O–H groups in total. The zero-order valence-corrected chi connectivity index (χ0v) is 11.5. The molecule has 0 unspecified atom stereocenters. The molecular weight excluding hydrogens is 268 g/mol. The van der Waals surface area contributed by atoms with Gasteiger partial charge < -0.3 is 10.1 Å². The zero-order valence-electron chi connectivity index (χ0n) is 11.5. The number of rotatable bonds is 4. The van der Waals surface area contributed by atoms with Crippen LogP contribution in [0.3, 0.4) is 0 Å². The largest absolute Gasteiger partial charge is 0.497 e. The number of benzene rings is 2. The minimum absolute atomic E-state index is 0.181. The van der Waals surface area contributed by atoms with Crippen molar-refractivity contribution in [2.75, 3.05) is 7.11 Å².